The third-order valence-corrected chi connectivity index (χ3v) is 4.39. The summed E-state index contributed by atoms with van der Waals surface area (Å²) in [6, 6.07) is 7.72. The van der Waals surface area contributed by atoms with Crippen molar-refractivity contribution in [3.8, 4) is 0 Å². The van der Waals surface area contributed by atoms with Crippen molar-refractivity contribution in [2.45, 2.75) is 19.4 Å². The molecule has 2 nitrogen and oxygen atoms in total. The molecule has 0 saturated carbocycles. The third kappa shape index (κ3) is 3.56. The van der Waals surface area contributed by atoms with Gasteiger partial charge in [0, 0.05) is 17.3 Å². The molecule has 1 N–H and O–H groups in total. The number of hydrogen-bond donors (Lipinski definition) is 1. The minimum absolute atomic E-state index is 0.0500. The topological polar surface area (TPSA) is 29.1 Å². The highest BCUT2D eigenvalue weighted by molar-refractivity contribution is 7.18. The van der Waals surface area contributed by atoms with Crippen LogP contribution in [0.15, 0.2) is 29.6 Å². The molecule has 2 aromatic heterocycles. The van der Waals surface area contributed by atoms with E-state index in [1.165, 1.54) is 16.2 Å². The second-order valence-corrected chi connectivity index (χ2v) is 6.51. The third-order valence-electron chi connectivity index (χ3n) is 2.26. The lowest BCUT2D eigenvalue weighted by Gasteiger charge is -2.11. The molecule has 0 spiro atoms. The molecule has 0 aliphatic rings. The van der Waals surface area contributed by atoms with E-state index in [0.29, 0.717) is 9.21 Å². The van der Waals surface area contributed by atoms with Gasteiger partial charge in [-0.25, -0.2) is 0 Å². The highest BCUT2D eigenvalue weighted by Crippen LogP contribution is 2.21. The first-order chi connectivity index (χ1) is 8.15. The van der Waals surface area contributed by atoms with Crippen LogP contribution in [0.2, 0.25) is 4.34 Å². The van der Waals surface area contributed by atoms with Crippen molar-refractivity contribution in [1.29, 1.82) is 0 Å². The molecule has 0 aliphatic carbocycles. The molecule has 90 valence electrons. The molecule has 0 radical (unpaired) electrons. The minimum atomic E-state index is -0.0500. The minimum Gasteiger partial charge on any atom is -0.349 e. The summed E-state index contributed by atoms with van der Waals surface area (Å²) in [5.41, 5.74) is 0. The van der Waals surface area contributed by atoms with Crippen LogP contribution in [0, 0.1) is 0 Å². The number of hydrogen-bond acceptors (Lipinski definition) is 3. The van der Waals surface area contributed by atoms with Crippen molar-refractivity contribution in [1.82, 2.24) is 5.32 Å². The van der Waals surface area contributed by atoms with Crippen molar-refractivity contribution < 1.29 is 4.79 Å². The molecular weight excluding hydrogens is 274 g/mol. The predicted molar refractivity (Wildman–Crippen MR) is 74.3 cm³/mol. The second kappa shape index (κ2) is 5.67. The number of amides is 1. The standard InChI is InChI=1S/C12H12ClNOS2/c1-8(7-9-3-2-6-16-9)14-12(15)10-4-5-11(13)17-10/h2-6,8H,7H2,1H3,(H,14,15)/t8-/m1/s1. The molecule has 1 amide bonds. The normalized spacial score (nSPS) is 12.4. The fourth-order valence-electron chi connectivity index (χ4n) is 1.51. The van der Waals surface area contributed by atoms with E-state index in [1.54, 1.807) is 23.5 Å². The summed E-state index contributed by atoms with van der Waals surface area (Å²) >= 11 is 8.81. The van der Waals surface area contributed by atoms with Crippen LogP contribution < -0.4 is 5.32 Å². The summed E-state index contributed by atoms with van der Waals surface area (Å²) in [6.07, 6.45) is 0.864. The van der Waals surface area contributed by atoms with Crippen LogP contribution in [0.1, 0.15) is 21.5 Å². The second-order valence-electron chi connectivity index (χ2n) is 3.76. The van der Waals surface area contributed by atoms with E-state index in [-0.39, 0.29) is 11.9 Å². The molecule has 0 bridgehead atoms. The number of nitrogens with one attached hydrogen (secondary N) is 1. The number of thiophene rings is 2. The van der Waals surface area contributed by atoms with Crippen LogP contribution in [0.5, 0.6) is 0 Å². The molecule has 17 heavy (non-hydrogen) atoms. The summed E-state index contributed by atoms with van der Waals surface area (Å²) in [5.74, 6) is -0.0500. The molecule has 0 aliphatic heterocycles. The van der Waals surface area contributed by atoms with E-state index < -0.39 is 0 Å². The van der Waals surface area contributed by atoms with Gasteiger partial charge in [0.2, 0.25) is 0 Å². The smallest absolute Gasteiger partial charge is 0.261 e. The number of carbonyl (C=O) groups excluding carboxylic acids is 1. The van der Waals surface area contributed by atoms with Gasteiger partial charge in [0.25, 0.3) is 5.91 Å². The summed E-state index contributed by atoms with van der Waals surface area (Å²) in [4.78, 5) is 13.8. The van der Waals surface area contributed by atoms with Crippen molar-refractivity contribution in [2.75, 3.05) is 0 Å². The van der Waals surface area contributed by atoms with Crippen LogP contribution >= 0.6 is 34.3 Å². The molecule has 0 aromatic carbocycles. The van der Waals surface area contributed by atoms with E-state index in [9.17, 15) is 4.79 Å². The molecule has 0 saturated heterocycles. The molecular formula is C12H12ClNOS2. The van der Waals surface area contributed by atoms with Gasteiger partial charge in [-0.05, 0) is 30.5 Å². The zero-order valence-corrected chi connectivity index (χ0v) is 11.7. The van der Waals surface area contributed by atoms with E-state index in [4.69, 9.17) is 11.6 Å². The molecule has 0 unspecified atom stereocenters. The van der Waals surface area contributed by atoms with Crippen LogP contribution in [-0.2, 0) is 6.42 Å². The van der Waals surface area contributed by atoms with Crippen LogP contribution in [0.4, 0.5) is 0 Å². The average molecular weight is 286 g/mol. The van der Waals surface area contributed by atoms with Crippen molar-refractivity contribution in [3.63, 3.8) is 0 Å². The van der Waals surface area contributed by atoms with Gasteiger partial charge in [0.05, 0.1) is 9.21 Å². The zero-order valence-electron chi connectivity index (χ0n) is 9.27. The maximum absolute atomic E-state index is 11.8. The van der Waals surface area contributed by atoms with Crippen molar-refractivity contribution in [2.24, 2.45) is 0 Å². The first kappa shape index (κ1) is 12.6. The Labute approximate surface area is 113 Å². The average Bonchev–Trinajstić information content (AvgIpc) is 2.89. The summed E-state index contributed by atoms with van der Waals surface area (Å²) in [7, 11) is 0. The van der Waals surface area contributed by atoms with Gasteiger partial charge in [-0.3, -0.25) is 4.79 Å². The Morgan fingerprint density at radius 2 is 2.29 bits per heavy atom. The van der Waals surface area contributed by atoms with Gasteiger partial charge >= 0.3 is 0 Å². The lowest BCUT2D eigenvalue weighted by atomic mass is 10.2. The predicted octanol–water partition coefficient (Wildman–Crippen LogP) is 3.82. The Morgan fingerprint density at radius 3 is 2.88 bits per heavy atom. The van der Waals surface area contributed by atoms with E-state index in [0.717, 1.165) is 6.42 Å². The van der Waals surface area contributed by atoms with Crippen molar-refractivity contribution in [3.05, 3.63) is 43.7 Å². The van der Waals surface area contributed by atoms with Crippen molar-refractivity contribution >= 4 is 40.2 Å². The summed E-state index contributed by atoms with van der Waals surface area (Å²) < 4.78 is 0.640. The number of halogens is 1. The largest absolute Gasteiger partial charge is 0.349 e. The molecule has 2 rings (SSSR count). The number of carbonyl (C=O) groups is 1. The highest BCUT2D eigenvalue weighted by Gasteiger charge is 2.12. The quantitative estimate of drug-likeness (QED) is 0.909. The number of rotatable bonds is 4. The molecule has 5 heteroatoms. The van der Waals surface area contributed by atoms with Crippen LogP contribution in [-0.4, -0.2) is 11.9 Å². The molecule has 1 atom stereocenters. The Kier molecular flexibility index (Phi) is 4.20. The molecule has 2 aromatic rings. The van der Waals surface area contributed by atoms with Gasteiger partial charge in [-0.15, -0.1) is 22.7 Å². The van der Waals surface area contributed by atoms with E-state index in [1.807, 2.05) is 18.4 Å². The Bertz CT molecular complexity index is 492. The van der Waals surface area contributed by atoms with E-state index in [2.05, 4.69) is 11.4 Å². The zero-order chi connectivity index (χ0) is 12.3. The van der Waals surface area contributed by atoms with Gasteiger partial charge in [0.15, 0.2) is 0 Å². The molecule has 0 fully saturated rings. The van der Waals surface area contributed by atoms with E-state index >= 15 is 0 Å². The highest BCUT2D eigenvalue weighted by atomic mass is 35.5. The fraction of sp³-hybridized carbons (Fsp3) is 0.250. The maximum Gasteiger partial charge on any atom is 0.261 e. The van der Waals surface area contributed by atoms with Gasteiger partial charge in [-0.1, -0.05) is 17.7 Å². The fourth-order valence-corrected chi connectivity index (χ4v) is 3.29. The first-order valence-corrected chi connectivity index (χ1v) is 7.31. The summed E-state index contributed by atoms with van der Waals surface area (Å²) in [6.45, 7) is 2.01. The lowest BCUT2D eigenvalue weighted by molar-refractivity contribution is 0.0944. The van der Waals surface area contributed by atoms with Gasteiger partial charge in [-0.2, -0.15) is 0 Å². The Balaban J connectivity index is 1.90. The Hall–Kier alpha value is -0.840. The maximum atomic E-state index is 11.8. The van der Waals surface area contributed by atoms with Crippen LogP contribution in [0.25, 0.3) is 0 Å². The molecule has 2 heterocycles. The monoisotopic (exact) mass is 285 g/mol. The van der Waals surface area contributed by atoms with Gasteiger partial charge < -0.3 is 5.32 Å². The Morgan fingerprint density at radius 1 is 1.47 bits per heavy atom. The summed E-state index contributed by atoms with van der Waals surface area (Å²) in [5, 5.41) is 5.01. The first-order valence-electron chi connectivity index (χ1n) is 5.24. The lowest BCUT2D eigenvalue weighted by Crippen LogP contribution is -2.33. The SMILES string of the molecule is C[C@H](Cc1cccs1)NC(=O)c1ccc(Cl)s1. The van der Waals surface area contributed by atoms with Crippen LogP contribution in [0.3, 0.4) is 0 Å². The van der Waals surface area contributed by atoms with Gasteiger partial charge in [0.1, 0.15) is 0 Å².